The molecule has 0 radical (unpaired) electrons. The molecule has 0 rings (SSSR count). The second-order valence-corrected chi connectivity index (χ2v) is 18.0. The van der Waals surface area contributed by atoms with Crippen molar-refractivity contribution in [3.05, 3.63) is 134 Å². The molecule has 69 heavy (non-hydrogen) atoms. The first-order valence-electron chi connectivity index (χ1n) is 26.3. The van der Waals surface area contributed by atoms with Gasteiger partial charge >= 0.3 is 11.9 Å². The minimum atomic E-state index is -1.64. The lowest BCUT2D eigenvalue weighted by Gasteiger charge is -2.26. The Morgan fingerprint density at radius 1 is 0.435 bits per heavy atom. The number of rotatable bonds is 46. The van der Waals surface area contributed by atoms with E-state index in [1.165, 1.54) is 0 Å². The lowest BCUT2D eigenvalue weighted by Crippen LogP contribution is -2.44. The number of unbranched alkanes of at least 4 members (excludes halogenated alkanes) is 9. The highest BCUT2D eigenvalue weighted by atomic mass is 16.7. The number of carboxylic acids is 1. The lowest BCUT2D eigenvalue weighted by molar-refractivity contribution is -0.870. The molecule has 0 saturated carbocycles. The van der Waals surface area contributed by atoms with E-state index in [1.54, 1.807) is 0 Å². The number of nitrogens with zero attached hydrogens (tertiary/aromatic N) is 1. The van der Waals surface area contributed by atoms with Crippen molar-refractivity contribution in [2.45, 2.75) is 180 Å². The number of allylic oxidation sites excluding steroid dienone is 22. The van der Waals surface area contributed by atoms with Gasteiger partial charge in [0.15, 0.2) is 12.4 Å². The minimum absolute atomic E-state index is 0.131. The molecule has 0 N–H and O–H groups in total. The SMILES string of the molecule is CC/C=C\C/C=C\C/C=C\C/C=C\C/C=C\C/C=C\C/C=C\C/C=C\CCCCCCCCC(=O)OC(COC(=O)CCCCC/C=C\C/C=C\C/C=C\CC)COC(OCC[N+](C)(C)C)C(=O)[O-]. The van der Waals surface area contributed by atoms with Crippen molar-refractivity contribution in [3.63, 3.8) is 0 Å². The van der Waals surface area contributed by atoms with E-state index in [0.29, 0.717) is 23.9 Å². The van der Waals surface area contributed by atoms with E-state index in [9.17, 15) is 19.5 Å². The fraction of sp³-hybridized carbons (Fsp3) is 0.583. The van der Waals surface area contributed by atoms with Gasteiger partial charge in [-0.1, -0.05) is 180 Å². The quantitative estimate of drug-likeness (QED) is 0.0195. The number of quaternary nitrogens is 1. The van der Waals surface area contributed by atoms with Crippen LogP contribution in [-0.2, 0) is 33.3 Å². The van der Waals surface area contributed by atoms with Gasteiger partial charge in [-0.25, -0.2) is 0 Å². The summed E-state index contributed by atoms with van der Waals surface area (Å²) in [4.78, 5) is 37.1. The van der Waals surface area contributed by atoms with Gasteiger partial charge in [0.25, 0.3) is 0 Å². The highest BCUT2D eigenvalue weighted by Crippen LogP contribution is 2.12. The van der Waals surface area contributed by atoms with E-state index in [0.717, 1.165) is 128 Å². The average molecular weight is 958 g/mol. The first kappa shape index (κ1) is 64.4. The van der Waals surface area contributed by atoms with Crippen LogP contribution in [0.5, 0.6) is 0 Å². The van der Waals surface area contributed by atoms with Gasteiger partial charge in [-0.2, -0.15) is 0 Å². The van der Waals surface area contributed by atoms with Crippen LogP contribution in [-0.4, -0.2) is 82.3 Å². The number of ether oxygens (including phenoxy) is 4. The van der Waals surface area contributed by atoms with Gasteiger partial charge in [0, 0.05) is 12.8 Å². The second-order valence-electron chi connectivity index (χ2n) is 18.0. The van der Waals surface area contributed by atoms with Crippen LogP contribution in [0.3, 0.4) is 0 Å². The molecule has 9 heteroatoms. The van der Waals surface area contributed by atoms with Crippen molar-refractivity contribution < 1.29 is 42.9 Å². The summed E-state index contributed by atoms with van der Waals surface area (Å²) in [5.41, 5.74) is 0. The summed E-state index contributed by atoms with van der Waals surface area (Å²) < 4.78 is 22.5. The van der Waals surface area contributed by atoms with Crippen LogP contribution in [0.2, 0.25) is 0 Å². The van der Waals surface area contributed by atoms with Crippen LogP contribution in [0.15, 0.2) is 134 Å². The molecule has 0 aliphatic rings. The van der Waals surface area contributed by atoms with Crippen LogP contribution in [0, 0.1) is 0 Å². The summed E-state index contributed by atoms with van der Waals surface area (Å²) >= 11 is 0. The van der Waals surface area contributed by atoms with Crippen molar-refractivity contribution in [1.82, 2.24) is 0 Å². The molecule has 0 heterocycles. The van der Waals surface area contributed by atoms with Gasteiger partial charge in [0.2, 0.25) is 0 Å². The summed E-state index contributed by atoms with van der Waals surface area (Å²) in [5.74, 6) is -2.37. The fourth-order valence-corrected chi connectivity index (χ4v) is 6.39. The molecule has 388 valence electrons. The summed E-state index contributed by atoms with van der Waals surface area (Å²) in [6.45, 7) is 4.42. The van der Waals surface area contributed by atoms with Crippen LogP contribution in [0.25, 0.3) is 0 Å². The van der Waals surface area contributed by atoms with Gasteiger partial charge in [0.1, 0.15) is 13.2 Å². The van der Waals surface area contributed by atoms with Crippen molar-refractivity contribution in [2.24, 2.45) is 0 Å². The van der Waals surface area contributed by atoms with Crippen molar-refractivity contribution in [3.8, 4) is 0 Å². The van der Waals surface area contributed by atoms with Gasteiger partial charge in [-0.05, 0) is 109 Å². The Morgan fingerprint density at radius 2 is 0.783 bits per heavy atom. The molecule has 9 nitrogen and oxygen atoms in total. The zero-order valence-electron chi connectivity index (χ0n) is 43.9. The zero-order chi connectivity index (χ0) is 50.6. The van der Waals surface area contributed by atoms with E-state index in [2.05, 4.69) is 148 Å². The monoisotopic (exact) mass is 958 g/mol. The molecule has 0 aromatic carbocycles. The van der Waals surface area contributed by atoms with E-state index >= 15 is 0 Å². The highest BCUT2D eigenvalue weighted by molar-refractivity contribution is 5.70. The summed E-state index contributed by atoms with van der Waals surface area (Å²) in [7, 11) is 5.88. The Balaban J connectivity index is 4.35. The number of aliphatic carboxylic acids is 1. The highest BCUT2D eigenvalue weighted by Gasteiger charge is 2.21. The predicted octanol–water partition coefficient (Wildman–Crippen LogP) is 13.8. The van der Waals surface area contributed by atoms with Gasteiger partial charge in [-0.15, -0.1) is 0 Å². The Labute approximate surface area is 420 Å². The van der Waals surface area contributed by atoms with Crippen LogP contribution < -0.4 is 5.11 Å². The van der Waals surface area contributed by atoms with Gasteiger partial charge in [0.05, 0.1) is 40.3 Å². The largest absolute Gasteiger partial charge is 0.545 e. The summed E-state index contributed by atoms with van der Waals surface area (Å²) in [6, 6.07) is 0. The minimum Gasteiger partial charge on any atom is -0.545 e. The predicted molar refractivity (Wildman–Crippen MR) is 287 cm³/mol. The molecule has 0 amide bonds. The van der Waals surface area contributed by atoms with E-state index < -0.39 is 30.3 Å². The summed E-state index contributed by atoms with van der Waals surface area (Å²) in [5, 5.41) is 11.7. The molecule has 0 fully saturated rings. The number of hydrogen-bond donors (Lipinski definition) is 0. The van der Waals surface area contributed by atoms with Gasteiger partial charge in [-0.3, -0.25) is 9.59 Å². The topological polar surface area (TPSA) is 111 Å². The molecular formula is C60H95NO8. The molecule has 0 aromatic heterocycles. The third kappa shape index (κ3) is 51.1. The third-order valence-corrected chi connectivity index (χ3v) is 10.4. The Bertz CT molecular complexity index is 1590. The van der Waals surface area contributed by atoms with Crippen LogP contribution >= 0.6 is 0 Å². The van der Waals surface area contributed by atoms with Crippen molar-refractivity contribution >= 4 is 17.9 Å². The van der Waals surface area contributed by atoms with Crippen molar-refractivity contribution in [1.29, 1.82) is 0 Å². The molecule has 2 unspecified atom stereocenters. The standard InChI is InChI=1S/C60H95NO8/c1-6-8-10-12-14-16-18-20-21-22-23-24-25-26-27-28-29-30-31-32-33-34-35-36-37-39-41-43-45-47-49-51-58(63)69-56(55-68-60(59(64)65)66-53-52-61(3,4)5)54-67-57(62)50-48-46-44-42-40-38-19-17-15-13-11-9-7-2/h8-11,14-17,20-21,23-24,26-27,29-30,32-33,35-36,38,40,56,60H,6-7,12-13,18-19,22,25,28,31,34,37,39,41-55H2,1-5H3/b10-8-,11-9-,16-14-,17-15-,21-20-,24-23-,27-26-,30-29-,33-32-,36-35-,40-38-. The van der Waals surface area contributed by atoms with Gasteiger partial charge < -0.3 is 33.3 Å². The maximum absolute atomic E-state index is 12.8. The lowest BCUT2D eigenvalue weighted by atomic mass is 10.1. The first-order valence-corrected chi connectivity index (χ1v) is 26.3. The number of likely N-dealkylation sites (N-methyl/N-ethyl adjacent to an activating group) is 1. The number of carbonyl (C=O) groups is 3. The molecule has 0 spiro atoms. The Kier molecular flexibility index (Phi) is 46.5. The molecule has 0 aliphatic carbocycles. The number of esters is 2. The Hall–Kier alpha value is -4.57. The molecule has 0 aliphatic heterocycles. The van der Waals surface area contributed by atoms with E-state index in [-0.39, 0.29) is 32.7 Å². The molecule has 0 aromatic rings. The fourth-order valence-electron chi connectivity index (χ4n) is 6.39. The molecular weight excluding hydrogens is 863 g/mol. The first-order chi connectivity index (χ1) is 33.6. The molecule has 0 saturated heterocycles. The molecule has 0 bridgehead atoms. The van der Waals surface area contributed by atoms with E-state index in [4.69, 9.17) is 18.9 Å². The summed E-state index contributed by atoms with van der Waals surface area (Å²) in [6.07, 6.45) is 67.9. The van der Waals surface area contributed by atoms with Crippen LogP contribution in [0.1, 0.15) is 168 Å². The normalized spacial score (nSPS) is 13.9. The maximum atomic E-state index is 12.8. The number of carbonyl (C=O) groups excluding carboxylic acids is 3. The van der Waals surface area contributed by atoms with E-state index in [1.807, 2.05) is 21.1 Å². The maximum Gasteiger partial charge on any atom is 0.306 e. The number of hydrogen-bond acceptors (Lipinski definition) is 8. The smallest absolute Gasteiger partial charge is 0.306 e. The van der Waals surface area contributed by atoms with Crippen molar-refractivity contribution in [2.75, 3.05) is 47.5 Å². The second kappa shape index (κ2) is 49.8. The third-order valence-electron chi connectivity index (χ3n) is 10.4. The average Bonchev–Trinajstić information content (AvgIpc) is 3.31. The zero-order valence-corrected chi connectivity index (χ0v) is 43.9. The Morgan fingerprint density at radius 3 is 1.17 bits per heavy atom. The molecule has 2 atom stereocenters. The number of carboxylic acid groups (broad SMARTS) is 1. The van der Waals surface area contributed by atoms with Crippen LogP contribution in [0.4, 0.5) is 0 Å².